The molecule has 1 amide bonds. The molecule has 7 heteroatoms. The molecule has 1 saturated heterocycles. The molecular formula is C18H28N2O4S. The number of benzene rings is 1. The minimum atomic E-state index is -3.55. The van der Waals surface area contributed by atoms with Crippen molar-refractivity contribution in [1.29, 1.82) is 0 Å². The molecule has 1 fully saturated rings. The summed E-state index contributed by atoms with van der Waals surface area (Å²) in [7, 11) is -2.01. The third-order valence-electron chi connectivity index (χ3n) is 4.80. The average Bonchev–Trinajstić information content (AvgIpc) is 2.89. The number of methoxy groups -OCH3 is 1. The van der Waals surface area contributed by atoms with E-state index in [0.717, 1.165) is 12.8 Å². The summed E-state index contributed by atoms with van der Waals surface area (Å²) in [6.45, 7) is 5.87. The number of hydrogen-bond donors (Lipinski definition) is 0. The second-order valence-electron chi connectivity index (χ2n) is 6.27. The molecule has 0 aromatic heterocycles. The number of amides is 1. The molecule has 0 radical (unpaired) electrons. The molecule has 0 aliphatic carbocycles. The van der Waals surface area contributed by atoms with Crippen molar-refractivity contribution >= 4 is 15.9 Å². The van der Waals surface area contributed by atoms with Gasteiger partial charge < -0.3 is 9.64 Å². The standard InChI is InChI=1S/C18H28N2O4S/c1-4-15(5-2)18(21)19-11-6-12-20(14-13-19)25(22,23)17-9-7-16(24-3)8-10-17/h7-10,15H,4-6,11-14H2,1-3H3. The van der Waals surface area contributed by atoms with E-state index in [9.17, 15) is 13.2 Å². The van der Waals surface area contributed by atoms with Crippen LogP contribution >= 0.6 is 0 Å². The quantitative estimate of drug-likeness (QED) is 0.773. The second kappa shape index (κ2) is 8.67. The maximum Gasteiger partial charge on any atom is 0.243 e. The van der Waals surface area contributed by atoms with Crippen molar-refractivity contribution in [3.8, 4) is 5.75 Å². The Kier molecular flexibility index (Phi) is 6.84. The average molecular weight is 368 g/mol. The minimum Gasteiger partial charge on any atom is -0.497 e. The first kappa shape index (κ1) is 19.7. The van der Waals surface area contributed by atoms with Gasteiger partial charge >= 0.3 is 0 Å². The summed E-state index contributed by atoms with van der Waals surface area (Å²) in [6, 6.07) is 6.42. The lowest BCUT2D eigenvalue weighted by Gasteiger charge is -2.25. The lowest BCUT2D eigenvalue weighted by atomic mass is 10.0. The van der Waals surface area contributed by atoms with Gasteiger partial charge in [0.1, 0.15) is 5.75 Å². The molecule has 0 N–H and O–H groups in total. The van der Waals surface area contributed by atoms with Gasteiger partial charge in [0.2, 0.25) is 15.9 Å². The zero-order chi connectivity index (χ0) is 18.4. The first-order valence-electron chi connectivity index (χ1n) is 8.87. The lowest BCUT2D eigenvalue weighted by molar-refractivity contribution is -0.135. The van der Waals surface area contributed by atoms with Crippen molar-refractivity contribution in [2.45, 2.75) is 38.0 Å². The number of nitrogens with zero attached hydrogens (tertiary/aromatic N) is 2. The van der Waals surface area contributed by atoms with Gasteiger partial charge in [-0.1, -0.05) is 13.8 Å². The summed E-state index contributed by atoms with van der Waals surface area (Å²) in [4.78, 5) is 14.6. The Labute approximate surface area is 150 Å². The van der Waals surface area contributed by atoms with Gasteiger partial charge in [-0.15, -0.1) is 0 Å². The Morgan fingerprint density at radius 2 is 1.72 bits per heavy atom. The van der Waals surface area contributed by atoms with E-state index in [4.69, 9.17) is 4.74 Å². The number of hydrogen-bond acceptors (Lipinski definition) is 4. The summed E-state index contributed by atoms with van der Waals surface area (Å²) in [5, 5.41) is 0. The fraction of sp³-hybridized carbons (Fsp3) is 0.611. The summed E-state index contributed by atoms with van der Waals surface area (Å²) < 4.78 is 32.2. The summed E-state index contributed by atoms with van der Waals surface area (Å²) in [5.74, 6) is 0.801. The molecule has 1 heterocycles. The Bertz CT molecular complexity index is 669. The molecule has 1 aromatic carbocycles. The number of carbonyl (C=O) groups is 1. The molecular weight excluding hydrogens is 340 g/mol. The Hall–Kier alpha value is -1.60. The molecule has 1 aromatic rings. The first-order chi connectivity index (χ1) is 11.9. The highest BCUT2D eigenvalue weighted by atomic mass is 32.2. The van der Waals surface area contributed by atoms with Crippen LogP contribution in [0.3, 0.4) is 0 Å². The summed E-state index contributed by atoms with van der Waals surface area (Å²) >= 11 is 0. The van der Waals surface area contributed by atoms with E-state index in [1.54, 1.807) is 31.4 Å². The Balaban J connectivity index is 2.09. The topological polar surface area (TPSA) is 66.9 Å². The Morgan fingerprint density at radius 3 is 2.28 bits per heavy atom. The van der Waals surface area contributed by atoms with Crippen LogP contribution < -0.4 is 4.74 Å². The number of sulfonamides is 1. The maximum absolute atomic E-state index is 12.8. The summed E-state index contributed by atoms with van der Waals surface area (Å²) in [6.07, 6.45) is 2.29. The predicted octanol–water partition coefficient (Wildman–Crippen LogP) is 2.35. The molecule has 0 atom stereocenters. The minimum absolute atomic E-state index is 0.0322. The van der Waals surface area contributed by atoms with Crippen LogP contribution in [-0.2, 0) is 14.8 Å². The molecule has 140 valence electrons. The third-order valence-corrected chi connectivity index (χ3v) is 6.71. The van der Waals surface area contributed by atoms with Gasteiger partial charge in [0.05, 0.1) is 12.0 Å². The first-order valence-corrected chi connectivity index (χ1v) is 10.3. The van der Waals surface area contributed by atoms with Crippen LogP contribution in [0, 0.1) is 5.92 Å². The van der Waals surface area contributed by atoms with E-state index >= 15 is 0 Å². The zero-order valence-corrected chi connectivity index (χ0v) is 16.1. The van der Waals surface area contributed by atoms with Gasteiger partial charge in [-0.25, -0.2) is 8.42 Å². The molecule has 0 saturated carbocycles. The largest absolute Gasteiger partial charge is 0.497 e. The maximum atomic E-state index is 12.8. The van der Waals surface area contributed by atoms with Gasteiger partial charge in [0, 0.05) is 32.1 Å². The van der Waals surface area contributed by atoms with Crippen LogP contribution in [0.1, 0.15) is 33.1 Å². The molecule has 6 nitrogen and oxygen atoms in total. The van der Waals surface area contributed by atoms with Gasteiger partial charge in [-0.3, -0.25) is 4.79 Å². The van der Waals surface area contributed by atoms with Gasteiger partial charge in [0.25, 0.3) is 0 Å². The van der Waals surface area contributed by atoms with E-state index in [2.05, 4.69) is 0 Å². The van der Waals surface area contributed by atoms with E-state index < -0.39 is 10.0 Å². The van der Waals surface area contributed by atoms with Gasteiger partial charge in [0.15, 0.2) is 0 Å². The third kappa shape index (κ3) is 4.52. The molecule has 1 aliphatic heterocycles. The van der Waals surface area contributed by atoms with Crippen LogP contribution in [0.15, 0.2) is 29.2 Å². The molecule has 2 rings (SSSR count). The van der Waals surface area contributed by atoms with Crippen molar-refractivity contribution in [3.63, 3.8) is 0 Å². The van der Waals surface area contributed by atoms with E-state index in [0.29, 0.717) is 38.3 Å². The monoisotopic (exact) mass is 368 g/mol. The van der Waals surface area contributed by atoms with Crippen LogP contribution in [0.2, 0.25) is 0 Å². The van der Waals surface area contributed by atoms with Gasteiger partial charge in [-0.05, 0) is 43.5 Å². The normalized spacial score (nSPS) is 16.7. The smallest absolute Gasteiger partial charge is 0.243 e. The van der Waals surface area contributed by atoms with Crippen LogP contribution in [-0.4, -0.2) is 56.8 Å². The lowest BCUT2D eigenvalue weighted by Crippen LogP contribution is -2.39. The van der Waals surface area contributed by atoms with Crippen molar-refractivity contribution in [2.24, 2.45) is 5.92 Å². The van der Waals surface area contributed by atoms with Crippen molar-refractivity contribution in [2.75, 3.05) is 33.3 Å². The highest BCUT2D eigenvalue weighted by Gasteiger charge is 2.29. The van der Waals surface area contributed by atoms with Crippen molar-refractivity contribution < 1.29 is 17.9 Å². The fourth-order valence-corrected chi connectivity index (χ4v) is 4.62. The second-order valence-corrected chi connectivity index (χ2v) is 8.21. The van der Waals surface area contributed by atoms with E-state index in [1.807, 2.05) is 18.7 Å². The molecule has 0 bridgehead atoms. The van der Waals surface area contributed by atoms with Crippen LogP contribution in [0.4, 0.5) is 0 Å². The molecule has 1 aliphatic rings. The van der Waals surface area contributed by atoms with Crippen LogP contribution in [0.5, 0.6) is 5.75 Å². The number of carbonyl (C=O) groups excluding carboxylic acids is 1. The Morgan fingerprint density at radius 1 is 1.08 bits per heavy atom. The van der Waals surface area contributed by atoms with E-state index in [1.165, 1.54) is 4.31 Å². The van der Waals surface area contributed by atoms with Crippen molar-refractivity contribution in [3.05, 3.63) is 24.3 Å². The zero-order valence-electron chi connectivity index (χ0n) is 15.3. The molecule has 25 heavy (non-hydrogen) atoms. The highest BCUT2D eigenvalue weighted by Crippen LogP contribution is 2.21. The van der Waals surface area contributed by atoms with Crippen LogP contribution in [0.25, 0.3) is 0 Å². The number of ether oxygens (including phenoxy) is 1. The summed E-state index contributed by atoms with van der Waals surface area (Å²) in [5.41, 5.74) is 0. The predicted molar refractivity (Wildman–Crippen MR) is 97.0 cm³/mol. The fourth-order valence-electron chi connectivity index (χ4n) is 3.15. The van der Waals surface area contributed by atoms with Gasteiger partial charge in [-0.2, -0.15) is 4.31 Å². The molecule has 0 unspecified atom stereocenters. The highest BCUT2D eigenvalue weighted by molar-refractivity contribution is 7.89. The number of rotatable bonds is 6. The van der Waals surface area contributed by atoms with E-state index in [-0.39, 0.29) is 16.7 Å². The molecule has 0 spiro atoms. The van der Waals surface area contributed by atoms with Crippen molar-refractivity contribution in [1.82, 2.24) is 9.21 Å². The SMILES string of the molecule is CCC(CC)C(=O)N1CCCN(S(=O)(=O)c2ccc(OC)cc2)CC1.